The molecule has 1 aromatic carbocycles. The van der Waals surface area contributed by atoms with Crippen LogP contribution in [0.2, 0.25) is 0 Å². The van der Waals surface area contributed by atoms with Crippen LogP contribution >= 0.6 is 11.8 Å². The minimum atomic E-state index is -0.358. The fraction of sp³-hybridized carbons (Fsp3) is 0.500. The number of rotatable bonds is 9. The fourth-order valence-corrected chi connectivity index (χ4v) is 5.98. The smallest absolute Gasteiger partial charge is 0.356 e. The number of nitrogens with zero attached hydrogens (tertiary/aromatic N) is 2. The Labute approximate surface area is 212 Å². The zero-order valence-corrected chi connectivity index (χ0v) is 21.6. The molecule has 186 valence electrons. The van der Waals surface area contributed by atoms with Crippen LogP contribution in [0.25, 0.3) is 6.08 Å². The molecule has 4 amide bonds. The van der Waals surface area contributed by atoms with Gasteiger partial charge in [-0.05, 0) is 66.6 Å². The minimum Gasteiger partial charge on any atom is -0.356 e. The van der Waals surface area contributed by atoms with E-state index in [1.807, 2.05) is 35.7 Å². The third-order valence-electron chi connectivity index (χ3n) is 7.22. The summed E-state index contributed by atoms with van der Waals surface area (Å²) in [6.45, 7) is 9.68. The fourth-order valence-electron chi connectivity index (χ4n) is 5.02. The highest BCUT2D eigenvalue weighted by molar-refractivity contribution is 8.04. The standard InChI is InChI=1S/C28H35N3O3S/c1-4-20-5-7-21(8-6-20)17-30-24-14-16-35-25(24)27(33)31(28(30)34)18-22-9-11-23(12-10-22)26(32)29-15-13-19(2)3/h4-8,14,16,19,22-23,25H,1,9-13,15,17-18H2,2-3H3/p+1. The molecule has 2 heterocycles. The van der Waals surface area contributed by atoms with E-state index in [9.17, 15) is 14.4 Å². The third kappa shape index (κ3) is 5.95. The third-order valence-corrected chi connectivity index (χ3v) is 8.23. The van der Waals surface area contributed by atoms with Gasteiger partial charge in [-0.1, -0.05) is 50.8 Å². The lowest BCUT2D eigenvalue weighted by Crippen LogP contribution is -2.56. The zero-order chi connectivity index (χ0) is 24.9. The lowest BCUT2D eigenvalue weighted by atomic mass is 9.81. The van der Waals surface area contributed by atoms with Crippen LogP contribution in [0.1, 0.15) is 57.1 Å². The Hall–Kier alpha value is -2.67. The van der Waals surface area contributed by atoms with Crippen molar-refractivity contribution in [3.05, 3.63) is 53.5 Å². The van der Waals surface area contributed by atoms with Gasteiger partial charge in [-0.3, -0.25) is 4.79 Å². The molecule has 1 N–H and O–H groups in total. The minimum absolute atomic E-state index is 0.0377. The van der Waals surface area contributed by atoms with Crippen LogP contribution in [-0.4, -0.2) is 51.4 Å². The number of thioether (sulfide) groups is 1. The molecule has 2 aliphatic heterocycles. The van der Waals surface area contributed by atoms with Crippen molar-refractivity contribution in [2.75, 3.05) is 13.1 Å². The van der Waals surface area contributed by atoms with E-state index >= 15 is 0 Å². The van der Waals surface area contributed by atoms with Crippen molar-refractivity contribution in [1.29, 1.82) is 0 Å². The number of benzene rings is 1. The Balaban J connectivity index is 1.39. The second kappa shape index (κ2) is 11.4. The maximum atomic E-state index is 13.5. The van der Waals surface area contributed by atoms with Gasteiger partial charge in [-0.15, -0.1) is 11.8 Å². The van der Waals surface area contributed by atoms with Crippen LogP contribution in [0, 0.1) is 17.8 Å². The van der Waals surface area contributed by atoms with E-state index in [0.717, 1.165) is 55.5 Å². The molecule has 0 saturated heterocycles. The summed E-state index contributed by atoms with van der Waals surface area (Å²) in [5.41, 5.74) is 2.82. The number of fused-ring (bicyclic) bond motifs is 1. The normalized spacial score (nSPS) is 24.2. The predicted molar refractivity (Wildman–Crippen MR) is 141 cm³/mol. The van der Waals surface area contributed by atoms with Crippen LogP contribution in [0.15, 0.2) is 42.3 Å². The van der Waals surface area contributed by atoms with E-state index in [1.165, 1.54) is 16.7 Å². The Morgan fingerprint density at radius 3 is 2.57 bits per heavy atom. The molecular weight excluding hydrogens is 458 g/mol. The van der Waals surface area contributed by atoms with Crippen LogP contribution in [0.3, 0.4) is 0 Å². The monoisotopic (exact) mass is 494 g/mol. The number of nitrogens with one attached hydrogen (secondary N) is 1. The molecule has 1 unspecified atom stereocenters. The van der Waals surface area contributed by atoms with E-state index in [0.29, 0.717) is 19.0 Å². The lowest BCUT2D eigenvalue weighted by Gasteiger charge is -2.31. The van der Waals surface area contributed by atoms with E-state index in [-0.39, 0.29) is 34.9 Å². The molecule has 0 bridgehead atoms. The van der Waals surface area contributed by atoms with E-state index < -0.39 is 0 Å². The van der Waals surface area contributed by atoms with Gasteiger partial charge in [0.1, 0.15) is 18.8 Å². The van der Waals surface area contributed by atoms with Crippen molar-refractivity contribution >= 4 is 41.4 Å². The van der Waals surface area contributed by atoms with Crippen molar-refractivity contribution in [3.63, 3.8) is 0 Å². The first-order valence-electron chi connectivity index (χ1n) is 12.7. The summed E-state index contributed by atoms with van der Waals surface area (Å²) in [5, 5.41) is 4.62. The Morgan fingerprint density at radius 1 is 1.20 bits per heavy atom. The van der Waals surface area contributed by atoms with Gasteiger partial charge in [0.05, 0.1) is 0 Å². The molecule has 1 atom stereocenters. The summed E-state index contributed by atoms with van der Waals surface area (Å²) in [5.74, 6) is 0.873. The van der Waals surface area contributed by atoms with Crippen molar-refractivity contribution in [2.24, 2.45) is 17.8 Å². The Morgan fingerprint density at radius 2 is 1.91 bits per heavy atom. The first kappa shape index (κ1) is 25.4. The topological polar surface area (TPSA) is 69.5 Å². The van der Waals surface area contributed by atoms with E-state index in [4.69, 9.17) is 0 Å². The van der Waals surface area contributed by atoms with Crippen LogP contribution in [-0.2, 0) is 16.1 Å². The molecule has 0 spiro atoms. The quantitative estimate of drug-likeness (QED) is 0.499. The first-order valence-corrected chi connectivity index (χ1v) is 13.6. The molecule has 7 heteroatoms. The first-order chi connectivity index (χ1) is 16.9. The second-order valence-corrected chi connectivity index (χ2v) is 11.2. The molecule has 1 saturated carbocycles. The highest BCUT2D eigenvalue weighted by Crippen LogP contribution is 2.33. The van der Waals surface area contributed by atoms with Gasteiger partial charge < -0.3 is 5.32 Å². The van der Waals surface area contributed by atoms with Gasteiger partial charge in [-0.2, -0.15) is 14.3 Å². The number of carbonyl (C=O) groups is 3. The summed E-state index contributed by atoms with van der Waals surface area (Å²) in [6, 6.07) is 7.73. The van der Waals surface area contributed by atoms with Crippen molar-refractivity contribution in [3.8, 4) is 0 Å². The highest BCUT2D eigenvalue weighted by atomic mass is 32.2. The van der Waals surface area contributed by atoms with Gasteiger partial charge in [0.15, 0.2) is 5.25 Å². The Kier molecular flexibility index (Phi) is 8.26. The van der Waals surface area contributed by atoms with Crippen LogP contribution in [0.5, 0.6) is 0 Å². The van der Waals surface area contributed by atoms with Gasteiger partial charge in [0.2, 0.25) is 5.91 Å². The second-order valence-electron chi connectivity index (χ2n) is 10.2. The molecule has 3 aliphatic rings. The summed E-state index contributed by atoms with van der Waals surface area (Å²) in [7, 11) is 0. The average molecular weight is 495 g/mol. The number of imide groups is 1. The summed E-state index contributed by atoms with van der Waals surface area (Å²) in [4.78, 5) is 40.7. The summed E-state index contributed by atoms with van der Waals surface area (Å²) in [6.07, 6.45) is 8.01. The maximum absolute atomic E-state index is 13.5. The number of hydrogen-bond acceptors (Lipinski definition) is 4. The molecule has 1 fully saturated rings. The maximum Gasteiger partial charge on any atom is 0.501 e. The number of allylic oxidation sites excluding steroid dienone is 1. The zero-order valence-electron chi connectivity index (χ0n) is 20.7. The van der Waals surface area contributed by atoms with E-state index in [2.05, 4.69) is 25.7 Å². The number of hydrogen-bond donors (Lipinski definition) is 1. The van der Waals surface area contributed by atoms with Crippen molar-refractivity contribution in [1.82, 2.24) is 10.2 Å². The molecule has 1 aliphatic carbocycles. The van der Waals surface area contributed by atoms with Gasteiger partial charge >= 0.3 is 11.9 Å². The van der Waals surface area contributed by atoms with Gasteiger partial charge in [0.25, 0.3) is 0 Å². The summed E-state index contributed by atoms with van der Waals surface area (Å²) >= 11 is 1.47. The molecular formula is C28H36N3O3S+. The van der Waals surface area contributed by atoms with Crippen LogP contribution < -0.4 is 5.32 Å². The van der Waals surface area contributed by atoms with Crippen LogP contribution in [0.4, 0.5) is 4.79 Å². The average Bonchev–Trinajstić information content (AvgIpc) is 3.35. The highest BCUT2D eigenvalue weighted by Gasteiger charge is 2.49. The Bertz CT molecular complexity index is 1040. The molecule has 35 heavy (non-hydrogen) atoms. The SMILES string of the molecule is C=Cc1ccc(C[N+]2=C3C=CSC3C(=O)N(CC3CCC(C(=O)NCCC(C)C)CC3)C2=O)cc1. The molecule has 0 aromatic heterocycles. The molecule has 0 radical (unpaired) electrons. The van der Waals surface area contributed by atoms with Gasteiger partial charge in [-0.25, -0.2) is 4.79 Å². The lowest BCUT2D eigenvalue weighted by molar-refractivity contribution is -0.454. The number of urea groups is 1. The van der Waals surface area contributed by atoms with Crippen molar-refractivity contribution in [2.45, 2.75) is 57.7 Å². The summed E-state index contributed by atoms with van der Waals surface area (Å²) < 4.78 is 1.75. The molecule has 4 rings (SSSR count). The largest absolute Gasteiger partial charge is 0.501 e. The molecule has 1 aromatic rings. The number of amides is 4. The molecule has 6 nitrogen and oxygen atoms in total. The van der Waals surface area contributed by atoms with Crippen molar-refractivity contribution < 1.29 is 19.0 Å². The van der Waals surface area contributed by atoms with Gasteiger partial charge in [0, 0.05) is 12.5 Å². The predicted octanol–water partition coefficient (Wildman–Crippen LogP) is 4.84. The van der Waals surface area contributed by atoms with E-state index in [1.54, 1.807) is 10.7 Å². The number of carbonyl (C=O) groups excluding carboxylic acids is 3.